The molecule has 0 atom stereocenters. The SMILES string of the molecule is Cn1nc(C(C)(C)C)cc1-c1ccc(CN2CCN(C(=O)c3c(F)cccc3F)CC2)cc1. The third-order valence-corrected chi connectivity index (χ3v) is 6.14. The van der Waals surface area contributed by atoms with Crippen LogP contribution >= 0.6 is 0 Å². The van der Waals surface area contributed by atoms with E-state index in [1.807, 2.05) is 11.7 Å². The largest absolute Gasteiger partial charge is 0.336 e. The first-order valence-corrected chi connectivity index (χ1v) is 11.2. The predicted molar refractivity (Wildman–Crippen MR) is 125 cm³/mol. The second-order valence-corrected chi connectivity index (χ2v) is 9.65. The van der Waals surface area contributed by atoms with Gasteiger partial charge in [0, 0.05) is 45.2 Å². The van der Waals surface area contributed by atoms with Gasteiger partial charge in [-0.05, 0) is 29.3 Å². The quantitative estimate of drug-likeness (QED) is 0.580. The van der Waals surface area contributed by atoms with Crippen LogP contribution in [0.25, 0.3) is 11.3 Å². The molecule has 174 valence electrons. The average molecular weight is 453 g/mol. The fourth-order valence-electron chi connectivity index (χ4n) is 4.11. The number of hydrogen-bond acceptors (Lipinski definition) is 3. The van der Waals surface area contributed by atoms with Crippen molar-refractivity contribution in [2.45, 2.75) is 32.7 Å². The van der Waals surface area contributed by atoms with E-state index in [0.29, 0.717) is 26.2 Å². The van der Waals surface area contributed by atoms with Crippen molar-refractivity contribution in [2.75, 3.05) is 26.2 Å². The molecule has 0 saturated carbocycles. The number of carbonyl (C=O) groups excluding carboxylic acids is 1. The second-order valence-electron chi connectivity index (χ2n) is 9.65. The van der Waals surface area contributed by atoms with Gasteiger partial charge in [0.1, 0.15) is 17.2 Å². The van der Waals surface area contributed by atoms with Crippen LogP contribution < -0.4 is 0 Å². The lowest BCUT2D eigenvalue weighted by Gasteiger charge is -2.35. The minimum Gasteiger partial charge on any atom is -0.336 e. The van der Waals surface area contributed by atoms with Gasteiger partial charge in [-0.2, -0.15) is 5.10 Å². The van der Waals surface area contributed by atoms with Crippen molar-refractivity contribution in [3.05, 3.63) is 77.0 Å². The van der Waals surface area contributed by atoms with E-state index in [1.54, 1.807) is 0 Å². The Labute approximate surface area is 193 Å². The summed E-state index contributed by atoms with van der Waals surface area (Å²) in [7, 11) is 1.96. The molecule has 3 aromatic rings. The van der Waals surface area contributed by atoms with Gasteiger partial charge in [0.2, 0.25) is 0 Å². The zero-order valence-corrected chi connectivity index (χ0v) is 19.6. The van der Waals surface area contributed by atoms with E-state index in [4.69, 9.17) is 0 Å². The topological polar surface area (TPSA) is 41.4 Å². The summed E-state index contributed by atoms with van der Waals surface area (Å²) in [6.45, 7) is 9.41. The Hall–Kier alpha value is -3.06. The van der Waals surface area contributed by atoms with E-state index in [2.05, 4.69) is 61.1 Å². The number of rotatable bonds is 4. The Kier molecular flexibility index (Phi) is 6.34. The first kappa shape index (κ1) is 23.1. The summed E-state index contributed by atoms with van der Waals surface area (Å²) in [5.74, 6) is -2.21. The summed E-state index contributed by atoms with van der Waals surface area (Å²) in [5, 5.41) is 4.66. The smallest absolute Gasteiger partial charge is 0.259 e. The number of nitrogens with zero attached hydrogens (tertiary/aromatic N) is 4. The maximum Gasteiger partial charge on any atom is 0.259 e. The number of aryl methyl sites for hydroxylation is 1. The zero-order chi connectivity index (χ0) is 23.8. The number of halogens is 2. The summed E-state index contributed by atoms with van der Waals surface area (Å²) in [4.78, 5) is 16.4. The van der Waals surface area contributed by atoms with Crippen molar-refractivity contribution in [1.82, 2.24) is 19.6 Å². The molecule has 5 nitrogen and oxygen atoms in total. The Balaban J connectivity index is 1.37. The molecule has 1 amide bonds. The average Bonchev–Trinajstić information content (AvgIpc) is 3.17. The molecule has 0 aliphatic carbocycles. The minimum absolute atomic E-state index is 0.00245. The van der Waals surface area contributed by atoms with E-state index in [1.165, 1.54) is 16.5 Å². The first-order valence-electron chi connectivity index (χ1n) is 11.2. The number of carbonyl (C=O) groups is 1. The molecule has 1 aliphatic rings. The number of benzene rings is 2. The van der Waals surface area contributed by atoms with Crippen LogP contribution in [0.15, 0.2) is 48.5 Å². The third-order valence-electron chi connectivity index (χ3n) is 6.14. The van der Waals surface area contributed by atoms with Gasteiger partial charge in [-0.15, -0.1) is 0 Å². The highest BCUT2D eigenvalue weighted by Gasteiger charge is 2.26. The fourth-order valence-corrected chi connectivity index (χ4v) is 4.11. The van der Waals surface area contributed by atoms with Gasteiger partial charge in [0.05, 0.1) is 11.4 Å². The van der Waals surface area contributed by atoms with Crippen LogP contribution in [0.4, 0.5) is 8.78 Å². The first-order chi connectivity index (χ1) is 15.6. The van der Waals surface area contributed by atoms with E-state index in [-0.39, 0.29) is 5.41 Å². The molecule has 2 heterocycles. The molecule has 0 N–H and O–H groups in total. The minimum atomic E-state index is -0.814. The normalized spacial score (nSPS) is 15.2. The van der Waals surface area contributed by atoms with Gasteiger partial charge in [-0.3, -0.25) is 14.4 Å². The number of hydrogen-bond donors (Lipinski definition) is 0. The maximum atomic E-state index is 14.0. The monoisotopic (exact) mass is 452 g/mol. The lowest BCUT2D eigenvalue weighted by atomic mass is 9.92. The Morgan fingerprint density at radius 2 is 1.58 bits per heavy atom. The molecule has 33 heavy (non-hydrogen) atoms. The van der Waals surface area contributed by atoms with Gasteiger partial charge in [0.25, 0.3) is 5.91 Å². The zero-order valence-electron chi connectivity index (χ0n) is 19.6. The molecule has 0 bridgehead atoms. The van der Waals surface area contributed by atoms with Crippen molar-refractivity contribution in [3.8, 4) is 11.3 Å². The Morgan fingerprint density at radius 1 is 0.970 bits per heavy atom. The summed E-state index contributed by atoms with van der Waals surface area (Å²) in [6, 6.07) is 14.1. The van der Waals surface area contributed by atoms with E-state index in [0.717, 1.165) is 35.6 Å². The van der Waals surface area contributed by atoms with Crippen LogP contribution in [-0.2, 0) is 19.0 Å². The summed E-state index contributed by atoms with van der Waals surface area (Å²) in [6.07, 6.45) is 0. The van der Waals surface area contributed by atoms with Crippen LogP contribution in [-0.4, -0.2) is 51.7 Å². The number of amides is 1. The molecule has 4 rings (SSSR count). The van der Waals surface area contributed by atoms with Gasteiger partial charge >= 0.3 is 0 Å². The van der Waals surface area contributed by atoms with Crippen LogP contribution in [0.3, 0.4) is 0 Å². The van der Waals surface area contributed by atoms with Crippen LogP contribution in [0.2, 0.25) is 0 Å². The van der Waals surface area contributed by atoms with Crippen LogP contribution in [0.1, 0.15) is 42.4 Å². The van der Waals surface area contributed by atoms with E-state index >= 15 is 0 Å². The number of aromatic nitrogens is 2. The summed E-state index contributed by atoms with van der Waals surface area (Å²) >= 11 is 0. The molecule has 1 aromatic heterocycles. The van der Waals surface area contributed by atoms with Gasteiger partial charge in [-0.25, -0.2) is 8.78 Å². The third kappa shape index (κ3) is 4.98. The van der Waals surface area contributed by atoms with Gasteiger partial charge < -0.3 is 4.90 Å². The highest BCUT2D eigenvalue weighted by atomic mass is 19.1. The number of piperazine rings is 1. The molecular formula is C26H30F2N4O. The lowest BCUT2D eigenvalue weighted by molar-refractivity contribution is 0.0619. The lowest BCUT2D eigenvalue weighted by Crippen LogP contribution is -2.48. The standard InChI is InChI=1S/C26H30F2N4O/c1-26(2,3)23-16-22(30(4)29-23)19-10-8-18(9-11-19)17-31-12-14-32(15-13-31)25(33)24-20(27)6-5-7-21(24)28/h5-11,16H,12-15,17H2,1-4H3. The van der Waals surface area contributed by atoms with Crippen molar-refractivity contribution >= 4 is 5.91 Å². The van der Waals surface area contributed by atoms with E-state index in [9.17, 15) is 13.6 Å². The molecule has 0 radical (unpaired) electrons. The second kappa shape index (κ2) is 9.06. The van der Waals surface area contributed by atoms with Crippen LogP contribution in [0, 0.1) is 11.6 Å². The Morgan fingerprint density at radius 3 is 2.12 bits per heavy atom. The molecule has 1 saturated heterocycles. The molecule has 0 unspecified atom stereocenters. The van der Waals surface area contributed by atoms with Crippen molar-refractivity contribution < 1.29 is 13.6 Å². The van der Waals surface area contributed by atoms with Crippen LogP contribution in [0.5, 0.6) is 0 Å². The molecular weight excluding hydrogens is 422 g/mol. The predicted octanol–water partition coefficient (Wildman–Crippen LogP) is 4.62. The molecule has 1 aliphatic heterocycles. The maximum absolute atomic E-state index is 14.0. The van der Waals surface area contributed by atoms with E-state index < -0.39 is 23.1 Å². The fraction of sp³-hybridized carbons (Fsp3) is 0.385. The summed E-state index contributed by atoms with van der Waals surface area (Å²) in [5.41, 5.74) is 3.97. The molecule has 0 spiro atoms. The Bertz CT molecular complexity index is 1120. The molecule has 2 aromatic carbocycles. The molecule has 7 heteroatoms. The van der Waals surface area contributed by atoms with Crippen molar-refractivity contribution in [3.63, 3.8) is 0 Å². The van der Waals surface area contributed by atoms with Crippen molar-refractivity contribution in [2.24, 2.45) is 7.05 Å². The summed E-state index contributed by atoms with van der Waals surface area (Å²) < 4.78 is 29.8. The van der Waals surface area contributed by atoms with Crippen molar-refractivity contribution in [1.29, 1.82) is 0 Å². The molecule has 1 fully saturated rings. The van der Waals surface area contributed by atoms with Gasteiger partial charge in [0.15, 0.2) is 0 Å². The highest BCUT2D eigenvalue weighted by Crippen LogP contribution is 2.27. The highest BCUT2D eigenvalue weighted by molar-refractivity contribution is 5.94. The van der Waals surface area contributed by atoms with Gasteiger partial charge in [-0.1, -0.05) is 51.1 Å².